The minimum absolute atomic E-state index is 0.134. The highest BCUT2D eigenvalue weighted by atomic mass is 32.2. The van der Waals surface area contributed by atoms with Crippen molar-refractivity contribution in [2.24, 2.45) is 5.10 Å². The van der Waals surface area contributed by atoms with Crippen LogP contribution < -0.4 is 9.73 Å². The molecule has 8 heteroatoms. The fourth-order valence-corrected chi connectivity index (χ4v) is 5.28. The topological polar surface area (TPSA) is 78.8 Å². The number of amides is 1. The summed E-state index contributed by atoms with van der Waals surface area (Å²) in [5.41, 5.74) is 5.78. The summed E-state index contributed by atoms with van der Waals surface area (Å²) in [5, 5.41) is 5.94. The number of aryl methyl sites for hydroxylation is 3. The van der Waals surface area contributed by atoms with Crippen molar-refractivity contribution in [3.05, 3.63) is 81.5 Å². The average Bonchev–Trinajstić information content (AvgIpc) is 3.17. The van der Waals surface area contributed by atoms with Crippen molar-refractivity contribution in [3.8, 4) is 0 Å². The van der Waals surface area contributed by atoms with E-state index in [0.717, 1.165) is 25.9 Å². The van der Waals surface area contributed by atoms with E-state index in [4.69, 9.17) is 0 Å². The molecule has 1 aromatic heterocycles. The molecular formula is C23H25N3O3S2. The number of carbonyl (C=O) groups is 1. The Morgan fingerprint density at radius 3 is 2.45 bits per heavy atom. The van der Waals surface area contributed by atoms with E-state index in [0.29, 0.717) is 12.1 Å². The van der Waals surface area contributed by atoms with Gasteiger partial charge in [-0.3, -0.25) is 9.10 Å². The van der Waals surface area contributed by atoms with Gasteiger partial charge in [0.05, 0.1) is 16.8 Å². The maximum atomic E-state index is 13.5. The van der Waals surface area contributed by atoms with Gasteiger partial charge in [0, 0.05) is 4.88 Å². The van der Waals surface area contributed by atoms with Gasteiger partial charge in [-0.15, -0.1) is 11.3 Å². The molecule has 1 N–H and O–H groups in total. The molecule has 0 saturated heterocycles. The lowest BCUT2D eigenvalue weighted by atomic mass is 10.1. The van der Waals surface area contributed by atoms with Crippen LogP contribution in [0.1, 0.15) is 28.5 Å². The molecule has 0 aliphatic carbocycles. The number of rotatable bonds is 8. The molecule has 0 spiro atoms. The number of nitrogens with one attached hydrogen (secondary N) is 1. The molecule has 1 heterocycles. The van der Waals surface area contributed by atoms with Crippen LogP contribution in [0.4, 0.5) is 5.69 Å². The van der Waals surface area contributed by atoms with Gasteiger partial charge in [-0.05, 0) is 61.0 Å². The van der Waals surface area contributed by atoms with Crippen molar-refractivity contribution in [1.29, 1.82) is 0 Å². The minimum atomic E-state index is -3.95. The number of sulfonamides is 1. The lowest BCUT2D eigenvalue weighted by molar-refractivity contribution is -0.119. The van der Waals surface area contributed by atoms with Crippen LogP contribution in [0.3, 0.4) is 0 Å². The number of hydrogen-bond donors (Lipinski definition) is 1. The van der Waals surface area contributed by atoms with Gasteiger partial charge in [0.25, 0.3) is 15.9 Å². The van der Waals surface area contributed by atoms with Crippen molar-refractivity contribution < 1.29 is 13.2 Å². The molecule has 0 unspecified atom stereocenters. The Labute approximate surface area is 187 Å². The van der Waals surface area contributed by atoms with Gasteiger partial charge in [0.2, 0.25) is 0 Å². The number of anilines is 1. The molecule has 0 aliphatic heterocycles. The Hall–Kier alpha value is -2.97. The first-order valence-corrected chi connectivity index (χ1v) is 12.2. The molecule has 162 valence electrons. The van der Waals surface area contributed by atoms with E-state index in [1.165, 1.54) is 11.3 Å². The van der Waals surface area contributed by atoms with Gasteiger partial charge >= 0.3 is 0 Å². The number of hydrogen-bond acceptors (Lipinski definition) is 5. The van der Waals surface area contributed by atoms with Gasteiger partial charge in [-0.2, -0.15) is 5.10 Å². The molecule has 3 aromatic rings. The summed E-state index contributed by atoms with van der Waals surface area (Å²) < 4.78 is 28.1. The van der Waals surface area contributed by atoms with Crippen LogP contribution in [-0.2, 0) is 21.2 Å². The van der Waals surface area contributed by atoms with Crippen molar-refractivity contribution >= 4 is 39.2 Å². The first-order valence-electron chi connectivity index (χ1n) is 9.86. The van der Waals surface area contributed by atoms with Gasteiger partial charge in [-0.1, -0.05) is 42.8 Å². The monoisotopic (exact) mass is 455 g/mol. The van der Waals surface area contributed by atoms with E-state index in [9.17, 15) is 13.2 Å². The average molecular weight is 456 g/mol. The molecule has 31 heavy (non-hydrogen) atoms. The summed E-state index contributed by atoms with van der Waals surface area (Å²) in [6, 6.07) is 15.8. The van der Waals surface area contributed by atoms with E-state index in [-0.39, 0.29) is 11.4 Å². The quantitative estimate of drug-likeness (QED) is 0.407. The minimum Gasteiger partial charge on any atom is -0.271 e. The van der Waals surface area contributed by atoms with Gasteiger partial charge in [-0.25, -0.2) is 13.8 Å². The zero-order chi connectivity index (χ0) is 22.4. The van der Waals surface area contributed by atoms with Gasteiger partial charge < -0.3 is 0 Å². The first-order chi connectivity index (χ1) is 14.8. The second kappa shape index (κ2) is 9.89. The molecule has 0 saturated carbocycles. The molecule has 0 fully saturated rings. The fraction of sp³-hybridized carbons (Fsp3) is 0.217. The summed E-state index contributed by atoms with van der Waals surface area (Å²) in [6.45, 7) is 5.41. The van der Waals surface area contributed by atoms with Crippen molar-refractivity contribution in [1.82, 2.24) is 5.43 Å². The van der Waals surface area contributed by atoms with Crippen LogP contribution in [0.25, 0.3) is 0 Å². The maximum absolute atomic E-state index is 13.5. The molecule has 0 radical (unpaired) electrons. The van der Waals surface area contributed by atoms with Gasteiger partial charge in [0.1, 0.15) is 6.54 Å². The predicted octanol–water partition coefficient (Wildman–Crippen LogP) is 4.27. The van der Waals surface area contributed by atoms with Crippen molar-refractivity contribution in [2.75, 3.05) is 10.8 Å². The van der Waals surface area contributed by atoms with Crippen LogP contribution in [0.5, 0.6) is 0 Å². The van der Waals surface area contributed by atoms with Gasteiger partial charge in [0.15, 0.2) is 0 Å². The lowest BCUT2D eigenvalue weighted by Gasteiger charge is -2.25. The molecule has 2 aromatic carbocycles. The second-order valence-corrected chi connectivity index (χ2v) is 9.88. The van der Waals surface area contributed by atoms with Crippen molar-refractivity contribution in [2.45, 2.75) is 32.1 Å². The van der Waals surface area contributed by atoms with Crippen LogP contribution in [0, 0.1) is 13.8 Å². The number of carbonyl (C=O) groups excluding carboxylic acids is 1. The smallest absolute Gasteiger partial charge is 0.264 e. The fourth-order valence-electron chi connectivity index (χ4n) is 3.04. The number of thiophene rings is 1. The van der Waals surface area contributed by atoms with Crippen LogP contribution in [0.2, 0.25) is 0 Å². The maximum Gasteiger partial charge on any atom is 0.264 e. The molecule has 0 aliphatic rings. The van der Waals surface area contributed by atoms with Crippen LogP contribution in [-0.4, -0.2) is 27.1 Å². The highest BCUT2D eigenvalue weighted by Gasteiger charge is 2.28. The zero-order valence-corrected chi connectivity index (χ0v) is 19.3. The summed E-state index contributed by atoms with van der Waals surface area (Å²) in [7, 11) is -3.95. The Kier molecular flexibility index (Phi) is 7.25. The third kappa shape index (κ3) is 5.39. The Morgan fingerprint density at radius 1 is 1.10 bits per heavy atom. The SMILES string of the molecule is CCc1ccccc1N(CC(=O)N/N=C\c1sccc1C)S(=O)(=O)c1ccc(C)cc1. The Balaban J connectivity index is 1.90. The highest BCUT2D eigenvalue weighted by Crippen LogP contribution is 2.27. The molecule has 0 bridgehead atoms. The third-order valence-electron chi connectivity index (χ3n) is 4.81. The Bertz CT molecular complexity index is 1180. The van der Waals surface area contributed by atoms with E-state index >= 15 is 0 Å². The van der Waals surface area contributed by atoms with E-state index < -0.39 is 15.9 Å². The summed E-state index contributed by atoms with van der Waals surface area (Å²) in [4.78, 5) is 13.7. The lowest BCUT2D eigenvalue weighted by Crippen LogP contribution is -2.40. The third-order valence-corrected chi connectivity index (χ3v) is 7.54. The molecule has 0 atom stereocenters. The second-order valence-electron chi connectivity index (χ2n) is 7.07. The van der Waals surface area contributed by atoms with E-state index in [2.05, 4.69) is 10.5 Å². The number of nitrogens with zero attached hydrogens (tertiary/aromatic N) is 2. The molecule has 6 nitrogen and oxygen atoms in total. The highest BCUT2D eigenvalue weighted by molar-refractivity contribution is 7.92. The Morgan fingerprint density at radius 2 is 1.81 bits per heavy atom. The molecule has 3 rings (SSSR count). The first kappa shape index (κ1) is 22.7. The number of benzene rings is 2. The zero-order valence-electron chi connectivity index (χ0n) is 17.7. The number of para-hydroxylation sites is 1. The van der Waals surface area contributed by atoms with Crippen LogP contribution >= 0.6 is 11.3 Å². The molecule has 1 amide bonds. The summed E-state index contributed by atoms with van der Waals surface area (Å²) >= 11 is 1.51. The largest absolute Gasteiger partial charge is 0.271 e. The normalized spacial score (nSPS) is 11.6. The predicted molar refractivity (Wildman–Crippen MR) is 126 cm³/mol. The summed E-state index contributed by atoms with van der Waals surface area (Å²) in [6.07, 6.45) is 2.20. The van der Waals surface area contributed by atoms with E-state index in [1.807, 2.05) is 44.4 Å². The number of hydrazone groups is 1. The standard InChI is InChI=1S/C23H25N3O3S2/c1-4-19-7-5-6-8-21(19)26(31(28,29)20-11-9-17(2)10-12-20)16-23(27)25-24-15-22-18(3)13-14-30-22/h5-15H,4,16H2,1-3H3,(H,25,27)/b24-15-. The summed E-state index contributed by atoms with van der Waals surface area (Å²) in [5.74, 6) is -0.521. The van der Waals surface area contributed by atoms with Crippen molar-refractivity contribution in [3.63, 3.8) is 0 Å². The molecular weight excluding hydrogens is 430 g/mol. The van der Waals surface area contributed by atoms with Crippen LogP contribution in [0.15, 0.2) is 70.0 Å². The van der Waals surface area contributed by atoms with E-state index in [1.54, 1.807) is 42.6 Å².